The summed E-state index contributed by atoms with van der Waals surface area (Å²) in [6, 6.07) is 27.6. The fourth-order valence-electron chi connectivity index (χ4n) is 5.49. The number of fused-ring (bicyclic) bond motifs is 2. The molecule has 252 valence electrons. The Hall–Kier alpha value is -6.15. The Kier molecular flexibility index (Phi) is 10.3. The van der Waals surface area contributed by atoms with E-state index in [0.717, 1.165) is 33.7 Å². The van der Waals surface area contributed by atoms with Gasteiger partial charge in [-0.3, -0.25) is 4.79 Å². The van der Waals surface area contributed by atoms with Crippen LogP contribution in [0.25, 0.3) is 33.7 Å². The third kappa shape index (κ3) is 8.02. The molecule has 7 rings (SSSR count). The molecule has 3 aromatic carbocycles. The number of nitrogens with zero attached hydrogens (tertiary/aromatic N) is 5. The maximum Gasteiger partial charge on any atom is 0.335 e. The third-order valence-corrected chi connectivity index (χ3v) is 8.38. The lowest BCUT2D eigenvalue weighted by molar-refractivity contribution is 0.0696. The zero-order valence-electron chi connectivity index (χ0n) is 26.5. The molecule has 8 nitrogen and oxygen atoms in total. The Morgan fingerprint density at radius 2 is 1.16 bits per heavy atom. The van der Waals surface area contributed by atoms with Crippen molar-refractivity contribution < 1.29 is 23.5 Å². The number of benzene rings is 3. The molecule has 4 heterocycles. The van der Waals surface area contributed by atoms with Crippen LogP contribution in [0, 0.1) is 23.0 Å². The number of carboxylic acid groups (broad SMARTS) is 1. The Bertz CT molecular complexity index is 2470. The number of hydrogen-bond acceptors (Lipinski definition) is 5. The van der Waals surface area contributed by atoms with Crippen LogP contribution in [0.3, 0.4) is 0 Å². The summed E-state index contributed by atoms with van der Waals surface area (Å²) in [5.41, 5.74) is 5.55. The van der Waals surface area contributed by atoms with Gasteiger partial charge in [-0.2, -0.15) is 5.26 Å². The van der Waals surface area contributed by atoms with Crippen LogP contribution >= 0.6 is 23.2 Å². The van der Waals surface area contributed by atoms with Gasteiger partial charge in [0.05, 0.1) is 17.2 Å². The second-order valence-electron chi connectivity index (χ2n) is 11.4. The van der Waals surface area contributed by atoms with E-state index >= 15 is 0 Å². The molecule has 0 radical (unpaired) electrons. The fraction of sp³-hybridized carbons (Fsp3) is 0.0513. The molecule has 0 saturated heterocycles. The van der Waals surface area contributed by atoms with E-state index in [-0.39, 0.29) is 17.2 Å². The lowest BCUT2D eigenvalue weighted by Crippen LogP contribution is -1.99. The molecule has 0 aliphatic carbocycles. The molecule has 0 unspecified atom stereocenters. The highest BCUT2D eigenvalue weighted by Gasteiger charge is 2.13. The smallest absolute Gasteiger partial charge is 0.335 e. The molecule has 51 heavy (non-hydrogen) atoms. The highest BCUT2D eigenvalue weighted by atomic mass is 35.5. The summed E-state index contributed by atoms with van der Waals surface area (Å²) in [5.74, 6) is -1.61. The van der Waals surface area contributed by atoms with Crippen molar-refractivity contribution in [2.75, 3.05) is 0 Å². The minimum atomic E-state index is -1.03. The van der Waals surface area contributed by atoms with E-state index in [2.05, 4.69) is 16.0 Å². The van der Waals surface area contributed by atoms with Crippen molar-refractivity contribution in [2.24, 2.45) is 0 Å². The number of allylic oxidation sites excluding steroid dienone is 1. The van der Waals surface area contributed by atoms with E-state index in [9.17, 15) is 23.6 Å². The van der Waals surface area contributed by atoms with Crippen LogP contribution in [-0.4, -0.2) is 36.5 Å². The van der Waals surface area contributed by atoms with Gasteiger partial charge in [0.15, 0.2) is 6.29 Å². The Balaban J connectivity index is 0.000000193. The first-order valence-corrected chi connectivity index (χ1v) is 16.1. The maximum absolute atomic E-state index is 13.2. The lowest BCUT2D eigenvalue weighted by Gasteiger charge is -2.05. The molecule has 1 N–H and O–H groups in total. The van der Waals surface area contributed by atoms with Gasteiger partial charge in [-0.05, 0) is 83.4 Å². The maximum atomic E-state index is 13.2. The van der Waals surface area contributed by atoms with Gasteiger partial charge in [-0.1, -0.05) is 59.6 Å². The van der Waals surface area contributed by atoms with Crippen molar-refractivity contribution in [3.8, 4) is 6.07 Å². The average Bonchev–Trinajstić information content (AvgIpc) is 3.65. The van der Waals surface area contributed by atoms with Crippen LogP contribution in [0.15, 0.2) is 109 Å². The van der Waals surface area contributed by atoms with E-state index in [1.807, 2.05) is 21.4 Å². The van der Waals surface area contributed by atoms with Gasteiger partial charge in [-0.15, -0.1) is 0 Å². The number of aromatic nitrogens is 4. The Labute approximate surface area is 300 Å². The molecule has 0 aliphatic heterocycles. The van der Waals surface area contributed by atoms with E-state index in [0.29, 0.717) is 51.4 Å². The number of rotatable bonds is 8. The molecule has 0 atom stereocenters. The SMILES string of the molecule is N#C/C(=C\c1cn(Cc2ccc(F)cc2)c2nc(Cl)ccc12)c1ccc(C(=O)O)cc1.O=Cc1cn(Cc2ccc(F)cc2)c2nc(Cl)ccc12. The summed E-state index contributed by atoms with van der Waals surface area (Å²) < 4.78 is 29.9. The van der Waals surface area contributed by atoms with E-state index < -0.39 is 5.97 Å². The molecule has 4 aromatic heterocycles. The van der Waals surface area contributed by atoms with Crippen molar-refractivity contribution >= 4 is 69.2 Å². The molecule has 12 heteroatoms. The van der Waals surface area contributed by atoms with Crippen LogP contribution < -0.4 is 0 Å². The minimum absolute atomic E-state index is 0.149. The number of carboxylic acids is 1. The van der Waals surface area contributed by atoms with Gasteiger partial charge < -0.3 is 14.2 Å². The van der Waals surface area contributed by atoms with Crippen molar-refractivity contribution in [1.82, 2.24) is 19.1 Å². The predicted molar refractivity (Wildman–Crippen MR) is 193 cm³/mol. The Morgan fingerprint density at radius 1 is 0.706 bits per heavy atom. The van der Waals surface area contributed by atoms with Crippen molar-refractivity contribution in [2.45, 2.75) is 13.1 Å². The number of pyridine rings is 2. The first-order chi connectivity index (χ1) is 24.6. The first-order valence-electron chi connectivity index (χ1n) is 15.3. The van der Waals surface area contributed by atoms with E-state index in [4.69, 9.17) is 28.3 Å². The Morgan fingerprint density at radius 3 is 1.61 bits per heavy atom. The van der Waals surface area contributed by atoms with Gasteiger partial charge >= 0.3 is 5.97 Å². The van der Waals surface area contributed by atoms with Crippen LogP contribution in [0.2, 0.25) is 10.3 Å². The summed E-state index contributed by atoms with van der Waals surface area (Å²) in [4.78, 5) is 30.8. The van der Waals surface area contributed by atoms with Crippen molar-refractivity contribution in [1.29, 1.82) is 5.26 Å². The molecule has 0 amide bonds. The molecule has 0 spiro atoms. The number of carbonyl (C=O) groups is 2. The molecule has 0 bridgehead atoms. The number of hydrogen-bond donors (Lipinski definition) is 1. The average molecular weight is 721 g/mol. The fourth-order valence-corrected chi connectivity index (χ4v) is 5.77. The summed E-state index contributed by atoms with van der Waals surface area (Å²) in [6.07, 6.45) is 6.11. The van der Waals surface area contributed by atoms with Gasteiger partial charge in [0, 0.05) is 47.4 Å². The zero-order chi connectivity index (χ0) is 36.1. The molecular formula is C39H25Cl2F2N5O3. The number of aromatic carboxylic acids is 1. The summed E-state index contributed by atoms with van der Waals surface area (Å²) in [5, 5.41) is 21.0. The topological polar surface area (TPSA) is 114 Å². The molecule has 0 saturated carbocycles. The molecular weight excluding hydrogens is 695 g/mol. The highest BCUT2D eigenvalue weighted by molar-refractivity contribution is 6.30. The number of carbonyl (C=O) groups excluding carboxylic acids is 1. The summed E-state index contributed by atoms with van der Waals surface area (Å²) in [7, 11) is 0. The van der Waals surface area contributed by atoms with Gasteiger partial charge in [0.1, 0.15) is 33.2 Å². The van der Waals surface area contributed by atoms with Gasteiger partial charge in [0.25, 0.3) is 0 Å². The molecule has 0 fully saturated rings. The second-order valence-corrected chi connectivity index (χ2v) is 12.1. The lowest BCUT2D eigenvalue weighted by atomic mass is 10.0. The van der Waals surface area contributed by atoms with Gasteiger partial charge in [-0.25, -0.2) is 23.5 Å². The third-order valence-electron chi connectivity index (χ3n) is 7.96. The van der Waals surface area contributed by atoms with Crippen LogP contribution in [0.5, 0.6) is 0 Å². The summed E-state index contributed by atoms with van der Waals surface area (Å²) >= 11 is 12.0. The molecule has 0 aliphatic rings. The first kappa shape index (κ1) is 34.7. The normalized spacial score (nSPS) is 11.2. The number of nitriles is 1. The zero-order valence-corrected chi connectivity index (χ0v) is 28.0. The van der Waals surface area contributed by atoms with E-state index in [1.165, 1.54) is 36.4 Å². The summed E-state index contributed by atoms with van der Waals surface area (Å²) in [6.45, 7) is 0.950. The minimum Gasteiger partial charge on any atom is -0.478 e. The number of aldehydes is 1. The van der Waals surface area contributed by atoms with Crippen LogP contribution in [0.1, 0.15) is 43.0 Å². The monoisotopic (exact) mass is 719 g/mol. The standard InChI is InChI=1S/C24H15ClFN3O2.C15H10ClFN2O/c25-22-10-9-21-19(11-18(12-27)16-3-5-17(6-4-16)24(30)31)14-29(23(21)28-22)13-15-1-7-20(26)8-2-15;16-14-6-5-13-11(9-20)8-19(15(13)18-14)7-10-1-3-12(17)4-2-10/h1-11,14H,13H2,(H,30,31);1-6,8-9H,7H2/b18-11+;. The van der Waals surface area contributed by atoms with E-state index in [1.54, 1.807) is 66.9 Å². The van der Waals surface area contributed by atoms with Gasteiger partial charge in [0.2, 0.25) is 0 Å². The quantitative estimate of drug-likeness (QED) is 0.0951. The largest absolute Gasteiger partial charge is 0.478 e. The molecule has 7 aromatic rings. The van der Waals surface area contributed by atoms with Crippen molar-refractivity contribution in [3.05, 3.63) is 165 Å². The van der Waals surface area contributed by atoms with Crippen molar-refractivity contribution in [3.63, 3.8) is 0 Å². The van der Waals surface area contributed by atoms with Crippen LogP contribution in [-0.2, 0) is 13.1 Å². The number of halogens is 4. The second kappa shape index (κ2) is 15.2. The highest BCUT2D eigenvalue weighted by Crippen LogP contribution is 2.28. The predicted octanol–water partition coefficient (Wildman–Crippen LogP) is 9.33. The van der Waals surface area contributed by atoms with Crippen LogP contribution in [0.4, 0.5) is 8.78 Å².